The van der Waals surface area contributed by atoms with Crippen LogP contribution in [-0.4, -0.2) is 106 Å². The molecule has 434 valence electrons. The van der Waals surface area contributed by atoms with Crippen LogP contribution in [0.2, 0.25) is 0 Å². The lowest BCUT2D eigenvalue weighted by Gasteiger charge is -2.11. The minimum Gasteiger partial charge on any atom is -0.505 e. The second kappa shape index (κ2) is 22.2. The molecule has 0 unspecified atom stereocenters. The number of aryl methyl sites for hydroxylation is 2. The quantitative estimate of drug-likeness (QED) is 0.0364. The second-order valence-electron chi connectivity index (χ2n) is 17.7. The van der Waals surface area contributed by atoms with E-state index < -0.39 is 92.2 Å². The summed E-state index contributed by atoms with van der Waals surface area (Å²) >= 11 is 0. The lowest BCUT2D eigenvalue weighted by molar-refractivity contribution is 0.404. The number of nitrogens with zero attached hydrogens (tertiary/aromatic N) is 11. The van der Waals surface area contributed by atoms with Crippen molar-refractivity contribution in [3.8, 4) is 28.7 Å². The number of fused-ring (bicyclic) bond motifs is 4. The van der Waals surface area contributed by atoms with Crippen LogP contribution in [0, 0.1) is 13.8 Å². The maximum absolute atomic E-state index is 12.9. The van der Waals surface area contributed by atoms with Crippen molar-refractivity contribution in [2.45, 2.75) is 38.3 Å². The maximum Gasteiger partial charge on any atom is 0.296 e. The minimum absolute atomic E-state index is 0.000390. The highest BCUT2D eigenvalue weighted by molar-refractivity contribution is 7.87. The molecule has 0 aliphatic carbocycles. The summed E-state index contributed by atoms with van der Waals surface area (Å²) < 4.78 is 187. The topological polar surface area (TPSA) is 449 Å². The van der Waals surface area contributed by atoms with E-state index in [-0.39, 0.29) is 78.3 Å². The van der Waals surface area contributed by atoms with Crippen LogP contribution in [0.3, 0.4) is 0 Å². The van der Waals surface area contributed by atoms with Crippen LogP contribution in [0.1, 0.15) is 11.1 Å². The Kier molecular flexibility index (Phi) is 15.7. The standard InChI is InChI=1S/C49H39N11O19S5/c1-24-14-27(6-11-34(24)51-52-35-12-8-29(80(62,63)64)19-45(35)83(71,72)73)50-53-37-21-41(77-3)38(15-25(37)2)54-55-39-22-43(79-5)40(23-42(39)78-4)56-57-48-46(84(74,75)76)17-26-16-28(7-9-31(26)49(48)61)60-58-36-13-10-32-33(47(36)59-60)18-30(81(65,66)67)20-44(32)82(68,69)70/h6-23,61H,1-5H3,(H,62,63,64)(H,65,66,67)(H,68,69,70)(H,71,72,73)(H,74,75,76). The van der Waals surface area contributed by atoms with Gasteiger partial charge >= 0.3 is 0 Å². The fourth-order valence-corrected chi connectivity index (χ4v) is 11.4. The number of methoxy groups -OCH3 is 3. The van der Waals surface area contributed by atoms with Gasteiger partial charge in [0.1, 0.15) is 71.4 Å². The molecule has 0 aliphatic rings. The number of rotatable bonds is 17. The Morgan fingerprint density at radius 1 is 0.417 bits per heavy atom. The zero-order valence-electron chi connectivity index (χ0n) is 43.3. The number of hydrogen-bond acceptors (Lipinski definition) is 24. The summed E-state index contributed by atoms with van der Waals surface area (Å²) in [5.41, 5.74) is 1.37. The van der Waals surface area contributed by atoms with Gasteiger partial charge in [-0.25, -0.2) is 0 Å². The van der Waals surface area contributed by atoms with E-state index in [4.69, 9.17) is 14.2 Å². The third-order valence-electron chi connectivity index (χ3n) is 12.3. The Morgan fingerprint density at radius 3 is 1.51 bits per heavy atom. The van der Waals surface area contributed by atoms with Gasteiger partial charge in [0.25, 0.3) is 50.6 Å². The van der Waals surface area contributed by atoms with Crippen molar-refractivity contribution in [2.75, 3.05) is 21.3 Å². The summed E-state index contributed by atoms with van der Waals surface area (Å²) in [5, 5.41) is 53.3. The number of phenols is 1. The molecule has 0 fully saturated rings. The lowest BCUT2D eigenvalue weighted by Crippen LogP contribution is -2.04. The summed E-state index contributed by atoms with van der Waals surface area (Å²) in [7, 11) is -21.0. The average Bonchev–Trinajstić information content (AvgIpc) is 1.77. The first-order valence-electron chi connectivity index (χ1n) is 23.2. The number of benzene rings is 8. The third kappa shape index (κ3) is 12.3. The molecule has 1 aromatic heterocycles. The number of aromatic hydroxyl groups is 1. The summed E-state index contributed by atoms with van der Waals surface area (Å²) in [6, 6.07) is 22.0. The highest BCUT2D eigenvalue weighted by Crippen LogP contribution is 2.46. The molecule has 0 saturated heterocycles. The Morgan fingerprint density at radius 2 is 0.929 bits per heavy atom. The molecule has 8 aromatic carbocycles. The van der Waals surface area contributed by atoms with E-state index in [1.54, 1.807) is 32.0 Å². The molecule has 0 aliphatic heterocycles. The molecule has 0 amide bonds. The van der Waals surface area contributed by atoms with Gasteiger partial charge in [0, 0.05) is 34.4 Å². The number of ether oxygens (including phenoxy) is 3. The van der Waals surface area contributed by atoms with Gasteiger partial charge in [-0.05, 0) is 115 Å². The van der Waals surface area contributed by atoms with Crippen molar-refractivity contribution in [2.24, 2.45) is 40.9 Å². The lowest BCUT2D eigenvalue weighted by atomic mass is 10.1. The monoisotopic (exact) mass is 1250 g/mol. The van der Waals surface area contributed by atoms with Gasteiger partial charge in [-0.15, -0.1) is 35.8 Å². The van der Waals surface area contributed by atoms with Gasteiger partial charge in [-0.3, -0.25) is 22.8 Å². The van der Waals surface area contributed by atoms with Gasteiger partial charge in [-0.2, -0.15) is 62.2 Å². The Labute approximate surface area is 474 Å². The Balaban J connectivity index is 0.969. The first-order chi connectivity index (χ1) is 39.4. The van der Waals surface area contributed by atoms with Crippen LogP contribution in [0.25, 0.3) is 38.3 Å². The molecule has 6 N–H and O–H groups in total. The van der Waals surface area contributed by atoms with E-state index in [0.717, 1.165) is 29.1 Å². The van der Waals surface area contributed by atoms with Gasteiger partial charge in [0.15, 0.2) is 5.75 Å². The van der Waals surface area contributed by atoms with Crippen LogP contribution in [-0.2, 0) is 50.6 Å². The van der Waals surface area contributed by atoms with E-state index in [2.05, 4.69) is 51.1 Å². The van der Waals surface area contributed by atoms with Crippen LogP contribution < -0.4 is 14.2 Å². The highest BCUT2D eigenvalue weighted by atomic mass is 32.2. The van der Waals surface area contributed by atoms with E-state index >= 15 is 0 Å². The van der Waals surface area contributed by atoms with Crippen molar-refractivity contribution in [1.29, 1.82) is 0 Å². The van der Waals surface area contributed by atoms with Crippen LogP contribution >= 0.6 is 0 Å². The van der Waals surface area contributed by atoms with Crippen molar-refractivity contribution in [3.63, 3.8) is 0 Å². The molecule has 1 heterocycles. The molecule has 30 nitrogen and oxygen atoms in total. The predicted octanol–water partition coefficient (Wildman–Crippen LogP) is 11.0. The molecule has 84 heavy (non-hydrogen) atoms. The molecule has 0 bridgehead atoms. The van der Waals surface area contributed by atoms with E-state index in [0.29, 0.717) is 34.6 Å². The number of hydrogen-bond donors (Lipinski definition) is 6. The smallest absolute Gasteiger partial charge is 0.296 e. The van der Waals surface area contributed by atoms with Crippen molar-refractivity contribution >= 4 is 129 Å². The average molecular weight is 1250 g/mol. The van der Waals surface area contributed by atoms with E-state index in [1.165, 1.54) is 75.9 Å². The summed E-state index contributed by atoms with van der Waals surface area (Å²) in [6.45, 7) is 3.37. The second-order valence-corrected chi connectivity index (χ2v) is 24.7. The molecule has 9 rings (SSSR count). The van der Waals surface area contributed by atoms with Crippen molar-refractivity contribution in [3.05, 3.63) is 120 Å². The van der Waals surface area contributed by atoms with E-state index in [1.807, 2.05) is 0 Å². The Hall–Kier alpha value is -9.17. The number of azo groups is 4. The van der Waals surface area contributed by atoms with Crippen molar-refractivity contribution < 1.29 is 84.2 Å². The first-order valence-corrected chi connectivity index (χ1v) is 30.4. The minimum atomic E-state index is -5.16. The summed E-state index contributed by atoms with van der Waals surface area (Å²) in [5.74, 6) is -0.461. The number of phenolic OH excluding ortho intramolecular Hbond substituents is 1. The zero-order chi connectivity index (χ0) is 61.0. The first kappa shape index (κ1) is 59.5. The fourth-order valence-electron chi connectivity index (χ4n) is 8.21. The van der Waals surface area contributed by atoms with Gasteiger partial charge in [0.05, 0.1) is 53.9 Å². The normalized spacial score (nSPS) is 13.0. The van der Waals surface area contributed by atoms with Crippen LogP contribution in [0.5, 0.6) is 23.0 Å². The predicted molar refractivity (Wildman–Crippen MR) is 296 cm³/mol. The van der Waals surface area contributed by atoms with Crippen molar-refractivity contribution in [1.82, 2.24) is 15.0 Å². The highest BCUT2D eigenvalue weighted by Gasteiger charge is 2.26. The molecule has 0 radical (unpaired) electrons. The van der Waals surface area contributed by atoms with Gasteiger partial charge < -0.3 is 19.3 Å². The summed E-state index contributed by atoms with van der Waals surface area (Å²) in [6.07, 6.45) is 0. The summed E-state index contributed by atoms with van der Waals surface area (Å²) in [4.78, 5) is -3.24. The zero-order valence-corrected chi connectivity index (χ0v) is 47.4. The Bertz CT molecular complexity index is 5000. The molecule has 0 spiro atoms. The third-order valence-corrected chi connectivity index (χ3v) is 16.6. The SMILES string of the molecule is COc1cc(N=Nc2ccc(N=Nc3ccc(S(=O)(=O)O)cc3S(=O)(=O)O)c(C)c2)c(C)cc1N=Nc1cc(OC)c(N=Nc2c(S(=O)(=O)O)cc3cc(-n4nc5ccc6c(S(=O)(=O)O)cc(S(=O)(=O)O)cc6c5n4)ccc3c2O)cc1OC. The molecule has 35 heteroatoms. The molecular weight excluding hydrogens is 1210 g/mol. The van der Waals surface area contributed by atoms with Gasteiger partial charge in [0.2, 0.25) is 0 Å². The maximum atomic E-state index is 12.9. The largest absolute Gasteiger partial charge is 0.505 e. The van der Waals surface area contributed by atoms with E-state index in [9.17, 15) is 70.0 Å². The molecule has 0 atom stereocenters. The fraction of sp³-hybridized carbons (Fsp3) is 0.102. The molecule has 0 saturated carbocycles. The van der Waals surface area contributed by atoms with Gasteiger partial charge in [-0.1, -0.05) is 6.07 Å². The molecule has 9 aromatic rings. The van der Waals surface area contributed by atoms with Crippen LogP contribution in [0.4, 0.5) is 45.5 Å². The number of aromatic nitrogens is 3. The molecular formula is C49H39N11O19S5. The van der Waals surface area contributed by atoms with Crippen LogP contribution in [0.15, 0.2) is 175 Å².